The van der Waals surface area contributed by atoms with Gasteiger partial charge in [0.05, 0.1) is 18.8 Å². The number of carbonyl (C=O) groups excluding carboxylic acids is 1. The number of carbonyl (C=O) groups is 1. The van der Waals surface area contributed by atoms with E-state index in [4.69, 9.17) is 4.74 Å². The second-order valence-electron chi connectivity index (χ2n) is 10.5. The predicted molar refractivity (Wildman–Crippen MR) is 140 cm³/mol. The van der Waals surface area contributed by atoms with E-state index in [1.165, 1.54) is 17.5 Å². The Bertz CT molecular complexity index is 1370. The van der Waals surface area contributed by atoms with Crippen molar-refractivity contribution in [2.45, 2.75) is 58.2 Å². The molecule has 3 aromatic rings. The van der Waals surface area contributed by atoms with Crippen LogP contribution < -0.4 is 4.74 Å². The van der Waals surface area contributed by atoms with E-state index in [1.807, 2.05) is 31.1 Å². The van der Waals surface area contributed by atoms with Gasteiger partial charge in [-0.2, -0.15) is 5.26 Å². The van der Waals surface area contributed by atoms with Crippen LogP contribution >= 0.6 is 0 Å². The minimum absolute atomic E-state index is 0.0205. The van der Waals surface area contributed by atoms with Gasteiger partial charge in [0, 0.05) is 55.3 Å². The minimum atomic E-state index is -0.0205. The van der Waals surface area contributed by atoms with Crippen molar-refractivity contribution in [2.24, 2.45) is 0 Å². The first-order valence-corrected chi connectivity index (χ1v) is 12.9. The van der Waals surface area contributed by atoms with Gasteiger partial charge in [-0.05, 0) is 63.5 Å². The predicted octanol–water partition coefficient (Wildman–Crippen LogP) is 4.04. The Balaban J connectivity index is 1.54. The van der Waals surface area contributed by atoms with Crippen LogP contribution in [0.2, 0.25) is 0 Å². The van der Waals surface area contributed by atoms with E-state index in [1.54, 1.807) is 12.3 Å². The monoisotopic (exact) mass is 498 g/mol. The number of nitrogens with zero attached hydrogens (tertiary/aromatic N) is 6. The van der Waals surface area contributed by atoms with Crippen molar-refractivity contribution in [3.05, 3.63) is 76.1 Å². The third kappa shape index (κ3) is 4.72. The Kier molecular flexibility index (Phi) is 6.74. The zero-order valence-electron chi connectivity index (χ0n) is 22.1. The summed E-state index contributed by atoms with van der Waals surface area (Å²) >= 11 is 0. The van der Waals surface area contributed by atoms with Gasteiger partial charge in [-0.15, -0.1) is 0 Å². The molecule has 0 unspecified atom stereocenters. The molecular weight excluding hydrogens is 464 g/mol. The summed E-state index contributed by atoms with van der Waals surface area (Å²) < 4.78 is 7.78. The molecule has 1 spiro atoms. The number of hydrogen-bond donors (Lipinski definition) is 0. The molecule has 1 fully saturated rings. The Hall–Kier alpha value is -3.70. The van der Waals surface area contributed by atoms with Crippen LogP contribution in [-0.4, -0.2) is 57.5 Å². The van der Waals surface area contributed by atoms with Gasteiger partial charge in [-0.25, -0.2) is 4.98 Å². The highest BCUT2D eigenvalue weighted by molar-refractivity contribution is 5.98. The number of hydrogen-bond acceptors (Lipinski definition) is 6. The van der Waals surface area contributed by atoms with Gasteiger partial charge >= 0.3 is 0 Å². The molecule has 1 aliphatic carbocycles. The molecule has 0 bridgehead atoms. The Morgan fingerprint density at radius 3 is 2.62 bits per heavy atom. The van der Waals surface area contributed by atoms with Gasteiger partial charge < -0.3 is 19.1 Å². The zero-order chi connectivity index (χ0) is 26.2. The highest BCUT2D eigenvalue weighted by atomic mass is 16.5. The molecule has 1 saturated carbocycles. The average Bonchev–Trinajstić information content (AvgIpc) is 3.24. The smallest absolute Gasteiger partial charge is 0.254 e. The molecule has 0 atom stereocenters. The summed E-state index contributed by atoms with van der Waals surface area (Å²) in [6, 6.07) is 8.32. The van der Waals surface area contributed by atoms with Crippen molar-refractivity contribution < 1.29 is 9.53 Å². The van der Waals surface area contributed by atoms with Crippen molar-refractivity contribution in [1.29, 1.82) is 5.26 Å². The topological polar surface area (TPSA) is 87.3 Å². The van der Waals surface area contributed by atoms with Crippen LogP contribution in [0.3, 0.4) is 0 Å². The largest absolute Gasteiger partial charge is 0.492 e. The molecule has 5 rings (SSSR count). The molecule has 0 N–H and O–H groups in total. The highest BCUT2D eigenvalue weighted by Gasteiger charge is 2.48. The van der Waals surface area contributed by atoms with Gasteiger partial charge in [-0.3, -0.25) is 9.78 Å². The van der Waals surface area contributed by atoms with Gasteiger partial charge in [0.1, 0.15) is 23.2 Å². The summed E-state index contributed by atoms with van der Waals surface area (Å²) in [5, 5.41) is 9.40. The first-order chi connectivity index (χ1) is 17.8. The Morgan fingerprint density at radius 2 is 2.00 bits per heavy atom. The van der Waals surface area contributed by atoms with E-state index in [-0.39, 0.29) is 11.3 Å². The maximum atomic E-state index is 14.0. The minimum Gasteiger partial charge on any atom is -0.492 e. The summed E-state index contributed by atoms with van der Waals surface area (Å²) in [7, 11) is 4.16. The van der Waals surface area contributed by atoms with Crippen LogP contribution in [0.15, 0.2) is 36.8 Å². The lowest BCUT2D eigenvalue weighted by Crippen LogP contribution is -2.53. The van der Waals surface area contributed by atoms with Crippen molar-refractivity contribution in [1.82, 2.24) is 24.3 Å². The maximum Gasteiger partial charge on any atom is 0.254 e. The van der Waals surface area contributed by atoms with E-state index in [2.05, 4.69) is 51.7 Å². The zero-order valence-corrected chi connectivity index (χ0v) is 22.1. The molecule has 2 aromatic heterocycles. The second kappa shape index (κ2) is 9.98. The molecule has 2 aliphatic rings. The molecule has 1 aromatic carbocycles. The molecule has 37 heavy (non-hydrogen) atoms. The van der Waals surface area contributed by atoms with Crippen molar-refractivity contribution in [3.8, 4) is 11.8 Å². The number of amides is 1. The van der Waals surface area contributed by atoms with Crippen LogP contribution in [0.5, 0.6) is 5.75 Å². The fraction of sp³-hybridized carbons (Fsp3) is 0.448. The maximum absolute atomic E-state index is 14.0. The van der Waals surface area contributed by atoms with Gasteiger partial charge in [0.15, 0.2) is 0 Å². The average molecular weight is 499 g/mol. The molecular formula is C29H34N6O2. The molecule has 1 aliphatic heterocycles. The van der Waals surface area contributed by atoms with Crippen LogP contribution in [0.4, 0.5) is 0 Å². The van der Waals surface area contributed by atoms with Gasteiger partial charge in [0.2, 0.25) is 0 Å². The molecule has 0 radical (unpaired) electrons. The lowest BCUT2D eigenvalue weighted by molar-refractivity contribution is 0.0563. The van der Waals surface area contributed by atoms with E-state index < -0.39 is 0 Å². The number of aryl methyl sites for hydroxylation is 1. The summed E-state index contributed by atoms with van der Waals surface area (Å²) in [6.45, 7) is 6.89. The molecule has 3 heterocycles. The van der Waals surface area contributed by atoms with Crippen LogP contribution in [-0.2, 0) is 25.0 Å². The van der Waals surface area contributed by atoms with E-state index in [0.717, 1.165) is 42.0 Å². The van der Waals surface area contributed by atoms with Gasteiger partial charge in [-0.1, -0.05) is 12.5 Å². The summed E-state index contributed by atoms with van der Waals surface area (Å²) in [4.78, 5) is 27.0. The number of aromatic nitrogens is 3. The molecule has 8 heteroatoms. The molecule has 192 valence electrons. The van der Waals surface area contributed by atoms with E-state index in [9.17, 15) is 10.1 Å². The van der Waals surface area contributed by atoms with Gasteiger partial charge in [0.25, 0.3) is 5.91 Å². The summed E-state index contributed by atoms with van der Waals surface area (Å²) in [5.41, 5.74) is 5.53. The van der Waals surface area contributed by atoms with Crippen LogP contribution in [0.1, 0.15) is 70.3 Å². The van der Waals surface area contributed by atoms with E-state index >= 15 is 0 Å². The number of imidazole rings is 1. The quantitative estimate of drug-likeness (QED) is 0.466. The van der Waals surface area contributed by atoms with Crippen molar-refractivity contribution in [2.75, 3.05) is 27.2 Å². The number of pyridine rings is 1. The Labute approximate surface area is 218 Å². The standard InChI is InChI=1S/C29H34N6O2/c1-5-37-26-13-24(32-15-23(26)14-30)18-35-19-29(7-6-8-29)27-22(17-33(3)4)11-21(12-25(27)28(35)36)16-34-10-9-31-20(34)2/h9-13,15H,5-8,16-19H2,1-4H3. The third-order valence-electron chi connectivity index (χ3n) is 7.59. The molecule has 1 amide bonds. The van der Waals surface area contributed by atoms with Crippen molar-refractivity contribution >= 4 is 5.91 Å². The third-order valence-corrected chi connectivity index (χ3v) is 7.59. The fourth-order valence-corrected chi connectivity index (χ4v) is 5.83. The lowest BCUT2D eigenvalue weighted by atomic mass is 9.60. The normalized spacial score (nSPS) is 16.0. The number of fused-ring (bicyclic) bond motifs is 2. The number of nitriles is 1. The summed E-state index contributed by atoms with van der Waals surface area (Å²) in [5.74, 6) is 1.51. The van der Waals surface area contributed by atoms with Crippen molar-refractivity contribution in [3.63, 3.8) is 0 Å². The SMILES string of the molecule is CCOc1cc(CN2CC3(CCC3)c3c(CN(C)C)cc(Cn4ccnc4C)cc3C2=O)ncc1C#N. The van der Waals surface area contributed by atoms with Crippen LogP contribution in [0.25, 0.3) is 0 Å². The number of ether oxygens (including phenoxy) is 1. The summed E-state index contributed by atoms with van der Waals surface area (Å²) in [6.07, 6.45) is 8.66. The highest BCUT2D eigenvalue weighted by Crippen LogP contribution is 2.50. The Morgan fingerprint density at radius 1 is 1.19 bits per heavy atom. The number of rotatable bonds is 8. The van der Waals surface area contributed by atoms with Crippen LogP contribution in [0, 0.1) is 18.3 Å². The first-order valence-electron chi connectivity index (χ1n) is 12.9. The lowest BCUT2D eigenvalue weighted by Gasteiger charge is -2.50. The fourth-order valence-electron chi connectivity index (χ4n) is 5.83. The number of benzene rings is 1. The molecule has 0 saturated heterocycles. The first kappa shape index (κ1) is 25.0. The van der Waals surface area contributed by atoms with E-state index in [0.29, 0.717) is 37.6 Å². The molecule has 8 nitrogen and oxygen atoms in total. The second-order valence-corrected chi connectivity index (χ2v) is 10.5.